The maximum Gasteiger partial charge on any atom is 0.341 e. The third-order valence-electron chi connectivity index (χ3n) is 4.06. The first kappa shape index (κ1) is 16.8. The molecule has 130 valence electrons. The van der Waals surface area contributed by atoms with Crippen molar-refractivity contribution >= 4 is 11.6 Å². The van der Waals surface area contributed by atoms with Crippen molar-refractivity contribution in [2.24, 2.45) is 0 Å². The molecule has 0 atom stereocenters. The highest BCUT2D eigenvalue weighted by atomic mass is 16.5. The number of nitrogens with one attached hydrogen (secondary N) is 1. The van der Waals surface area contributed by atoms with Gasteiger partial charge in [-0.2, -0.15) is 0 Å². The van der Waals surface area contributed by atoms with E-state index >= 15 is 0 Å². The largest absolute Gasteiger partial charge is 0.494 e. The Morgan fingerprint density at radius 1 is 1.28 bits per heavy atom. The van der Waals surface area contributed by atoms with Gasteiger partial charge >= 0.3 is 5.97 Å². The number of hydrogen-bond donors (Lipinski definition) is 2. The lowest BCUT2D eigenvalue weighted by Crippen LogP contribution is -2.22. The lowest BCUT2D eigenvalue weighted by Gasteiger charge is -2.07. The van der Waals surface area contributed by atoms with Crippen molar-refractivity contribution in [3.05, 3.63) is 63.2 Å². The van der Waals surface area contributed by atoms with Crippen molar-refractivity contribution in [3.8, 4) is 5.75 Å². The maximum atomic E-state index is 12.7. The van der Waals surface area contributed by atoms with E-state index in [1.165, 1.54) is 4.52 Å². The van der Waals surface area contributed by atoms with Crippen molar-refractivity contribution in [2.45, 2.75) is 26.7 Å². The Labute approximate surface area is 143 Å². The van der Waals surface area contributed by atoms with Crippen LogP contribution in [-0.4, -0.2) is 32.3 Å². The number of aromatic amines is 1. The number of para-hydroxylation sites is 1. The molecule has 0 unspecified atom stereocenters. The van der Waals surface area contributed by atoms with Crippen molar-refractivity contribution in [3.63, 3.8) is 0 Å². The zero-order valence-electron chi connectivity index (χ0n) is 14.1. The Balaban J connectivity index is 1.80. The summed E-state index contributed by atoms with van der Waals surface area (Å²) in [6.07, 6.45) is 1.16. The Morgan fingerprint density at radius 2 is 2.00 bits per heavy atom. The van der Waals surface area contributed by atoms with E-state index in [1.807, 2.05) is 30.3 Å². The van der Waals surface area contributed by atoms with Gasteiger partial charge in [-0.3, -0.25) is 9.89 Å². The number of nitrogens with zero attached hydrogens (tertiary/aromatic N) is 2. The SMILES string of the molecule is Cc1nc2c(C(=O)O)c(C)[nH]n2c(=O)c1CCCOc1ccccc1. The molecule has 0 aliphatic rings. The van der Waals surface area contributed by atoms with Crippen LogP contribution in [0.2, 0.25) is 0 Å². The number of fused-ring (bicyclic) bond motifs is 1. The number of ether oxygens (including phenoxy) is 1. The molecule has 2 aromatic heterocycles. The van der Waals surface area contributed by atoms with Gasteiger partial charge in [-0.1, -0.05) is 18.2 Å². The minimum atomic E-state index is -1.11. The first-order valence-electron chi connectivity index (χ1n) is 8.01. The molecule has 2 N–H and O–H groups in total. The number of aromatic carboxylic acids is 1. The minimum absolute atomic E-state index is 0.0270. The number of hydrogen-bond acceptors (Lipinski definition) is 4. The molecule has 3 rings (SSSR count). The second-order valence-corrected chi connectivity index (χ2v) is 5.82. The van der Waals surface area contributed by atoms with Gasteiger partial charge in [0.15, 0.2) is 5.65 Å². The molecule has 25 heavy (non-hydrogen) atoms. The van der Waals surface area contributed by atoms with Gasteiger partial charge in [0, 0.05) is 17.0 Å². The van der Waals surface area contributed by atoms with Gasteiger partial charge in [0.2, 0.25) is 0 Å². The minimum Gasteiger partial charge on any atom is -0.494 e. The van der Waals surface area contributed by atoms with Crippen LogP contribution >= 0.6 is 0 Å². The molecule has 7 nitrogen and oxygen atoms in total. The van der Waals surface area contributed by atoms with Crippen molar-refractivity contribution < 1.29 is 14.6 Å². The lowest BCUT2D eigenvalue weighted by atomic mass is 10.1. The average Bonchev–Trinajstić information content (AvgIpc) is 2.91. The van der Waals surface area contributed by atoms with Gasteiger partial charge in [0.25, 0.3) is 5.56 Å². The van der Waals surface area contributed by atoms with Crippen molar-refractivity contribution in [2.75, 3.05) is 6.61 Å². The third kappa shape index (κ3) is 3.26. The second kappa shape index (κ2) is 6.80. The van der Waals surface area contributed by atoms with Crippen LogP contribution < -0.4 is 10.3 Å². The molecule has 0 spiro atoms. The third-order valence-corrected chi connectivity index (χ3v) is 4.06. The van der Waals surface area contributed by atoms with Crippen LogP contribution in [0.3, 0.4) is 0 Å². The van der Waals surface area contributed by atoms with Crippen LogP contribution in [0.1, 0.15) is 33.7 Å². The van der Waals surface area contributed by atoms with Gasteiger partial charge in [-0.15, -0.1) is 0 Å². The maximum absolute atomic E-state index is 12.7. The second-order valence-electron chi connectivity index (χ2n) is 5.82. The summed E-state index contributed by atoms with van der Waals surface area (Å²) in [5, 5.41) is 12.1. The first-order chi connectivity index (χ1) is 12.0. The fraction of sp³-hybridized carbons (Fsp3) is 0.278. The smallest absolute Gasteiger partial charge is 0.341 e. The molecule has 1 aromatic carbocycles. The zero-order valence-corrected chi connectivity index (χ0v) is 14.1. The van der Waals surface area contributed by atoms with Gasteiger partial charge in [-0.25, -0.2) is 14.3 Å². The molecule has 0 bridgehead atoms. The topological polar surface area (TPSA) is 96.7 Å². The number of aryl methyl sites for hydroxylation is 2. The predicted octanol–water partition coefficient (Wildman–Crippen LogP) is 2.35. The number of carbonyl (C=O) groups is 1. The molecule has 7 heteroatoms. The van der Waals surface area contributed by atoms with Crippen LogP contribution in [0.15, 0.2) is 35.1 Å². The van der Waals surface area contributed by atoms with Crippen molar-refractivity contribution in [1.82, 2.24) is 14.6 Å². The van der Waals surface area contributed by atoms with Crippen LogP contribution in [-0.2, 0) is 6.42 Å². The van der Waals surface area contributed by atoms with Gasteiger partial charge in [0.05, 0.1) is 6.61 Å². The van der Waals surface area contributed by atoms with E-state index in [9.17, 15) is 14.7 Å². The summed E-state index contributed by atoms with van der Waals surface area (Å²) in [7, 11) is 0. The molecule has 0 amide bonds. The van der Waals surface area contributed by atoms with Crippen LogP contribution in [0, 0.1) is 13.8 Å². The molecule has 0 radical (unpaired) electrons. The number of aromatic nitrogens is 3. The van der Waals surface area contributed by atoms with E-state index in [1.54, 1.807) is 13.8 Å². The number of carboxylic acid groups (broad SMARTS) is 1. The molecular weight excluding hydrogens is 322 g/mol. The normalized spacial score (nSPS) is 11.0. The Hall–Kier alpha value is -3.09. The van der Waals surface area contributed by atoms with Crippen LogP contribution in [0.25, 0.3) is 5.65 Å². The van der Waals surface area contributed by atoms with Crippen molar-refractivity contribution in [1.29, 1.82) is 0 Å². The summed E-state index contributed by atoms with van der Waals surface area (Å²) in [4.78, 5) is 28.3. The van der Waals surface area contributed by atoms with E-state index in [0.29, 0.717) is 36.4 Å². The molecule has 0 saturated heterocycles. The van der Waals surface area contributed by atoms with E-state index in [4.69, 9.17) is 4.74 Å². The fourth-order valence-corrected chi connectivity index (χ4v) is 2.82. The summed E-state index contributed by atoms with van der Waals surface area (Å²) < 4.78 is 6.84. The number of H-pyrrole nitrogens is 1. The summed E-state index contributed by atoms with van der Waals surface area (Å²) in [5.41, 5.74) is 1.42. The van der Waals surface area contributed by atoms with Gasteiger partial charge in [-0.05, 0) is 38.8 Å². The molecule has 3 aromatic rings. The zero-order chi connectivity index (χ0) is 18.0. The summed E-state index contributed by atoms with van der Waals surface area (Å²) in [6.45, 7) is 3.82. The van der Waals surface area contributed by atoms with Gasteiger partial charge < -0.3 is 9.84 Å². The lowest BCUT2D eigenvalue weighted by molar-refractivity contribution is 0.0698. The molecule has 0 aliphatic heterocycles. The number of benzene rings is 1. The summed E-state index contributed by atoms with van der Waals surface area (Å²) in [6, 6.07) is 9.47. The van der Waals surface area contributed by atoms with Gasteiger partial charge in [0.1, 0.15) is 11.3 Å². The van der Waals surface area contributed by atoms with Crippen LogP contribution in [0.4, 0.5) is 0 Å². The number of carboxylic acids is 1. The molecule has 0 fully saturated rings. The summed E-state index contributed by atoms with van der Waals surface area (Å²) in [5.74, 6) is -0.317. The highest BCUT2D eigenvalue weighted by Crippen LogP contribution is 2.15. The quantitative estimate of drug-likeness (QED) is 0.671. The van der Waals surface area contributed by atoms with E-state index in [0.717, 1.165) is 5.75 Å². The molecule has 0 aliphatic carbocycles. The standard InChI is InChI=1S/C18H19N3O4/c1-11-14(9-6-10-25-13-7-4-3-5-8-13)17(22)21-16(19-11)15(18(23)24)12(2)20-21/h3-5,7-8,20H,6,9-10H2,1-2H3,(H,23,24). The molecule has 2 heterocycles. The Morgan fingerprint density at radius 3 is 2.68 bits per heavy atom. The van der Waals surface area contributed by atoms with E-state index in [-0.39, 0.29) is 16.8 Å². The Bertz CT molecular complexity index is 973. The monoisotopic (exact) mass is 341 g/mol. The average molecular weight is 341 g/mol. The fourth-order valence-electron chi connectivity index (χ4n) is 2.82. The highest BCUT2D eigenvalue weighted by molar-refractivity contribution is 5.95. The summed E-state index contributed by atoms with van der Waals surface area (Å²) >= 11 is 0. The van der Waals surface area contributed by atoms with E-state index in [2.05, 4.69) is 10.1 Å². The number of rotatable bonds is 6. The molecule has 0 saturated carbocycles. The highest BCUT2D eigenvalue weighted by Gasteiger charge is 2.20. The molecular formula is C18H19N3O4. The predicted molar refractivity (Wildman–Crippen MR) is 92.5 cm³/mol. The first-order valence-corrected chi connectivity index (χ1v) is 8.01. The Kier molecular flexibility index (Phi) is 4.56. The van der Waals surface area contributed by atoms with Crippen LogP contribution in [0.5, 0.6) is 5.75 Å². The van der Waals surface area contributed by atoms with E-state index < -0.39 is 5.97 Å².